The summed E-state index contributed by atoms with van der Waals surface area (Å²) in [4.78, 5) is 14.6. The molecule has 1 N–H and O–H groups in total. The van der Waals surface area contributed by atoms with Crippen molar-refractivity contribution in [1.29, 1.82) is 0 Å². The fourth-order valence-corrected chi connectivity index (χ4v) is 4.76. The minimum Gasteiger partial charge on any atom is -0.497 e. The van der Waals surface area contributed by atoms with Crippen molar-refractivity contribution in [2.24, 2.45) is 0 Å². The summed E-state index contributed by atoms with van der Waals surface area (Å²) in [6, 6.07) is 16.1. The predicted octanol–water partition coefficient (Wildman–Crippen LogP) is 1.88. The van der Waals surface area contributed by atoms with Gasteiger partial charge < -0.3 is 10.1 Å². The first kappa shape index (κ1) is 21.3. The molecule has 0 aromatic heterocycles. The molecule has 1 aliphatic rings. The van der Waals surface area contributed by atoms with Crippen LogP contribution < -0.4 is 10.1 Å². The standard InChI is InChI=1S/C21H27N3O4S/c1-17(18-6-4-3-5-7-18)22-21(25)16-23-12-14-24(15-13-23)29(26,27)20-10-8-19(28-2)9-11-20/h3-11,17H,12-16H2,1-2H3,(H,22,25)/t17-/m1/s1. The molecule has 156 valence electrons. The summed E-state index contributed by atoms with van der Waals surface area (Å²) in [5, 5.41) is 3.00. The quantitative estimate of drug-likeness (QED) is 0.744. The number of methoxy groups -OCH3 is 1. The molecule has 2 aromatic rings. The molecular weight excluding hydrogens is 390 g/mol. The summed E-state index contributed by atoms with van der Waals surface area (Å²) in [5.41, 5.74) is 1.05. The molecule has 0 aliphatic carbocycles. The van der Waals surface area contributed by atoms with Gasteiger partial charge in [0.25, 0.3) is 0 Å². The van der Waals surface area contributed by atoms with Gasteiger partial charge in [0.05, 0.1) is 24.6 Å². The Labute approximate surface area is 172 Å². The molecule has 0 unspecified atom stereocenters. The Morgan fingerprint density at radius 1 is 1.03 bits per heavy atom. The normalized spacial score (nSPS) is 16.9. The Balaban J connectivity index is 1.51. The van der Waals surface area contributed by atoms with Crippen molar-refractivity contribution in [3.05, 3.63) is 60.2 Å². The molecule has 1 fully saturated rings. The van der Waals surface area contributed by atoms with E-state index in [1.165, 1.54) is 4.31 Å². The second kappa shape index (κ2) is 9.39. The molecule has 8 heteroatoms. The predicted molar refractivity (Wildman–Crippen MR) is 111 cm³/mol. The summed E-state index contributed by atoms with van der Waals surface area (Å²) >= 11 is 0. The van der Waals surface area contributed by atoms with E-state index in [2.05, 4.69) is 5.32 Å². The lowest BCUT2D eigenvalue weighted by atomic mass is 10.1. The molecule has 1 heterocycles. The molecule has 1 amide bonds. The number of nitrogens with zero attached hydrogens (tertiary/aromatic N) is 2. The van der Waals surface area contributed by atoms with Gasteiger partial charge in [-0.15, -0.1) is 0 Å². The third-order valence-electron chi connectivity index (χ3n) is 5.07. The molecule has 2 aromatic carbocycles. The fraction of sp³-hybridized carbons (Fsp3) is 0.381. The van der Waals surface area contributed by atoms with E-state index in [0.29, 0.717) is 31.9 Å². The summed E-state index contributed by atoms with van der Waals surface area (Å²) in [7, 11) is -2.00. The molecule has 29 heavy (non-hydrogen) atoms. The van der Waals surface area contributed by atoms with Gasteiger partial charge in [0.15, 0.2) is 0 Å². The molecule has 1 aliphatic heterocycles. The number of carbonyl (C=O) groups is 1. The zero-order valence-electron chi connectivity index (χ0n) is 16.7. The van der Waals surface area contributed by atoms with Crippen LogP contribution in [0.15, 0.2) is 59.5 Å². The molecule has 1 saturated heterocycles. The fourth-order valence-electron chi connectivity index (χ4n) is 3.34. The molecule has 3 rings (SSSR count). The molecule has 0 radical (unpaired) electrons. The van der Waals surface area contributed by atoms with E-state index >= 15 is 0 Å². The van der Waals surface area contributed by atoms with Gasteiger partial charge in [0, 0.05) is 26.2 Å². The number of piperazine rings is 1. The van der Waals surface area contributed by atoms with Crippen LogP contribution in [-0.2, 0) is 14.8 Å². The minimum absolute atomic E-state index is 0.0622. The lowest BCUT2D eigenvalue weighted by molar-refractivity contribution is -0.123. The Morgan fingerprint density at radius 2 is 1.66 bits per heavy atom. The summed E-state index contributed by atoms with van der Waals surface area (Å²) < 4.78 is 32.2. The van der Waals surface area contributed by atoms with Crippen LogP contribution in [0.2, 0.25) is 0 Å². The lowest BCUT2D eigenvalue weighted by Gasteiger charge is -2.33. The topological polar surface area (TPSA) is 79.0 Å². The van der Waals surface area contributed by atoms with Crippen molar-refractivity contribution in [3.8, 4) is 5.75 Å². The maximum absolute atomic E-state index is 12.8. The molecular formula is C21H27N3O4S. The van der Waals surface area contributed by atoms with Gasteiger partial charge >= 0.3 is 0 Å². The molecule has 0 bridgehead atoms. The van der Waals surface area contributed by atoms with Gasteiger partial charge in [-0.3, -0.25) is 9.69 Å². The Kier molecular flexibility index (Phi) is 6.89. The van der Waals surface area contributed by atoms with E-state index in [-0.39, 0.29) is 23.4 Å². The van der Waals surface area contributed by atoms with Gasteiger partial charge in [-0.05, 0) is 36.8 Å². The zero-order chi connectivity index (χ0) is 20.9. The third kappa shape index (κ3) is 5.35. The first-order valence-corrected chi connectivity index (χ1v) is 11.0. The van der Waals surface area contributed by atoms with Gasteiger partial charge in [-0.2, -0.15) is 4.31 Å². The number of sulfonamides is 1. The smallest absolute Gasteiger partial charge is 0.243 e. The second-order valence-electron chi connectivity index (χ2n) is 7.06. The summed E-state index contributed by atoms with van der Waals surface area (Å²) in [6.07, 6.45) is 0. The van der Waals surface area contributed by atoms with Crippen LogP contribution in [0.5, 0.6) is 5.75 Å². The van der Waals surface area contributed by atoms with Crippen LogP contribution in [0, 0.1) is 0 Å². The number of rotatable bonds is 7. The van der Waals surface area contributed by atoms with E-state index in [9.17, 15) is 13.2 Å². The van der Waals surface area contributed by atoms with Crippen molar-refractivity contribution in [2.45, 2.75) is 17.9 Å². The van der Waals surface area contributed by atoms with Crippen LogP contribution in [0.4, 0.5) is 0 Å². The van der Waals surface area contributed by atoms with E-state index in [4.69, 9.17) is 4.74 Å². The van der Waals surface area contributed by atoms with E-state index in [1.54, 1.807) is 31.4 Å². The maximum Gasteiger partial charge on any atom is 0.243 e. The van der Waals surface area contributed by atoms with Gasteiger partial charge in [0.1, 0.15) is 5.75 Å². The highest BCUT2D eigenvalue weighted by Crippen LogP contribution is 2.20. The zero-order valence-corrected chi connectivity index (χ0v) is 17.6. The Hall–Kier alpha value is -2.42. The van der Waals surface area contributed by atoms with Crippen LogP contribution in [0.1, 0.15) is 18.5 Å². The summed E-state index contributed by atoms with van der Waals surface area (Å²) in [5.74, 6) is 0.553. The summed E-state index contributed by atoms with van der Waals surface area (Å²) in [6.45, 7) is 3.96. The average Bonchev–Trinajstić information content (AvgIpc) is 2.74. The number of benzene rings is 2. The maximum atomic E-state index is 12.8. The number of hydrogen-bond acceptors (Lipinski definition) is 5. The van der Waals surface area contributed by atoms with Crippen LogP contribution in [-0.4, -0.2) is 63.4 Å². The molecule has 7 nitrogen and oxygen atoms in total. The van der Waals surface area contributed by atoms with Crippen molar-refractivity contribution < 1.29 is 17.9 Å². The van der Waals surface area contributed by atoms with E-state index in [1.807, 2.05) is 42.2 Å². The third-order valence-corrected chi connectivity index (χ3v) is 6.99. The van der Waals surface area contributed by atoms with E-state index < -0.39 is 10.0 Å². The highest BCUT2D eigenvalue weighted by Gasteiger charge is 2.29. The number of nitrogens with one attached hydrogen (secondary N) is 1. The molecule has 0 saturated carbocycles. The van der Waals surface area contributed by atoms with Crippen LogP contribution in [0.25, 0.3) is 0 Å². The highest BCUT2D eigenvalue weighted by atomic mass is 32.2. The highest BCUT2D eigenvalue weighted by molar-refractivity contribution is 7.89. The number of carbonyl (C=O) groups excluding carboxylic acids is 1. The van der Waals surface area contributed by atoms with Gasteiger partial charge in [0.2, 0.25) is 15.9 Å². The van der Waals surface area contributed by atoms with Crippen LogP contribution in [0.3, 0.4) is 0 Å². The average molecular weight is 418 g/mol. The molecule has 0 spiro atoms. The number of amides is 1. The van der Waals surface area contributed by atoms with Crippen molar-refractivity contribution >= 4 is 15.9 Å². The second-order valence-corrected chi connectivity index (χ2v) is 8.99. The first-order valence-electron chi connectivity index (χ1n) is 9.61. The molecule has 1 atom stereocenters. The largest absolute Gasteiger partial charge is 0.497 e. The van der Waals surface area contributed by atoms with E-state index in [0.717, 1.165) is 5.56 Å². The first-order chi connectivity index (χ1) is 13.9. The number of hydrogen-bond donors (Lipinski definition) is 1. The monoisotopic (exact) mass is 417 g/mol. The van der Waals surface area contributed by atoms with Gasteiger partial charge in [-0.1, -0.05) is 30.3 Å². The number of ether oxygens (including phenoxy) is 1. The van der Waals surface area contributed by atoms with Crippen molar-refractivity contribution in [1.82, 2.24) is 14.5 Å². The Morgan fingerprint density at radius 3 is 2.24 bits per heavy atom. The minimum atomic E-state index is -3.54. The van der Waals surface area contributed by atoms with Crippen molar-refractivity contribution in [2.75, 3.05) is 39.8 Å². The lowest BCUT2D eigenvalue weighted by Crippen LogP contribution is -2.51. The van der Waals surface area contributed by atoms with Crippen LogP contribution >= 0.6 is 0 Å². The van der Waals surface area contributed by atoms with Crippen molar-refractivity contribution in [3.63, 3.8) is 0 Å². The van der Waals surface area contributed by atoms with Gasteiger partial charge in [-0.25, -0.2) is 8.42 Å². The SMILES string of the molecule is COc1ccc(S(=O)(=O)N2CCN(CC(=O)N[C@H](C)c3ccccc3)CC2)cc1. The Bertz CT molecular complexity index is 909.